The van der Waals surface area contributed by atoms with Crippen molar-refractivity contribution in [1.29, 1.82) is 0 Å². The van der Waals surface area contributed by atoms with E-state index in [1.165, 1.54) is 0 Å². The number of hydrogen-bond acceptors (Lipinski definition) is 4. The highest BCUT2D eigenvalue weighted by atomic mass is 35.5. The smallest absolute Gasteiger partial charge is 0.286 e. The molecule has 0 aliphatic carbocycles. The second-order valence-corrected chi connectivity index (χ2v) is 8.67. The topological polar surface area (TPSA) is 61.9 Å². The Labute approximate surface area is 202 Å². The van der Waals surface area contributed by atoms with Crippen LogP contribution in [0.15, 0.2) is 90.0 Å². The molecule has 0 saturated carbocycles. The van der Waals surface area contributed by atoms with Gasteiger partial charge in [0.2, 0.25) is 0 Å². The Hall–Kier alpha value is -3.74. The molecule has 0 spiro atoms. The zero-order chi connectivity index (χ0) is 23.7. The zero-order valence-corrected chi connectivity index (χ0v) is 19.6. The summed E-state index contributed by atoms with van der Waals surface area (Å²) >= 11 is 6.10. The van der Waals surface area contributed by atoms with E-state index in [0.717, 1.165) is 16.8 Å². The van der Waals surface area contributed by atoms with Crippen molar-refractivity contribution in [3.63, 3.8) is 0 Å². The molecule has 0 unspecified atom stereocenters. The van der Waals surface area contributed by atoms with E-state index in [4.69, 9.17) is 21.3 Å². The van der Waals surface area contributed by atoms with E-state index in [0.29, 0.717) is 34.3 Å². The van der Waals surface area contributed by atoms with Crippen molar-refractivity contribution in [2.75, 3.05) is 0 Å². The van der Waals surface area contributed by atoms with Crippen molar-refractivity contribution in [2.24, 2.45) is 0 Å². The van der Waals surface area contributed by atoms with Crippen LogP contribution in [0.1, 0.15) is 19.4 Å². The van der Waals surface area contributed by atoms with E-state index >= 15 is 0 Å². The van der Waals surface area contributed by atoms with Crippen LogP contribution >= 0.6 is 11.6 Å². The summed E-state index contributed by atoms with van der Waals surface area (Å²) < 4.78 is 9.13. The van der Waals surface area contributed by atoms with Gasteiger partial charge in [-0.05, 0) is 55.8 Å². The summed E-state index contributed by atoms with van der Waals surface area (Å²) in [5, 5.41) is 0.593. The van der Waals surface area contributed by atoms with E-state index in [1.54, 1.807) is 35.2 Å². The average Bonchev–Trinajstić information content (AvgIpc) is 3.29. The number of imidazole rings is 1. The van der Waals surface area contributed by atoms with E-state index < -0.39 is 0 Å². The van der Waals surface area contributed by atoms with Crippen molar-refractivity contribution in [3.05, 3.63) is 106 Å². The molecule has 0 saturated heterocycles. The molecule has 2 aromatic heterocycles. The minimum absolute atomic E-state index is 0.150. The molecular formula is C27H23ClN4O2. The summed E-state index contributed by atoms with van der Waals surface area (Å²) in [5.74, 6) is 0.522. The fraction of sp³-hybridized carbons (Fsp3) is 0.148. The number of para-hydroxylation sites is 1. The average molecular weight is 471 g/mol. The Morgan fingerprint density at radius 2 is 1.62 bits per heavy atom. The van der Waals surface area contributed by atoms with Gasteiger partial charge in [0.05, 0.1) is 18.4 Å². The zero-order valence-electron chi connectivity index (χ0n) is 18.9. The Bertz CT molecular complexity index is 1490. The minimum atomic E-state index is -0.246. The first-order valence-electron chi connectivity index (χ1n) is 11.0. The van der Waals surface area contributed by atoms with Gasteiger partial charge < -0.3 is 4.74 Å². The molecule has 5 aromatic rings. The second kappa shape index (κ2) is 9.25. The number of rotatable bonds is 6. The number of ether oxygens (including phenoxy) is 1. The number of nitrogens with zero attached hydrogens (tertiary/aromatic N) is 4. The first kappa shape index (κ1) is 22.1. The molecule has 0 fully saturated rings. The van der Waals surface area contributed by atoms with Crippen LogP contribution in [-0.4, -0.2) is 25.2 Å². The molecular weight excluding hydrogens is 448 g/mol. The van der Waals surface area contributed by atoms with Gasteiger partial charge in [-0.1, -0.05) is 54.1 Å². The molecule has 0 bridgehead atoms. The summed E-state index contributed by atoms with van der Waals surface area (Å²) in [6.07, 6.45) is 1.79. The molecule has 0 radical (unpaired) electrons. The number of aromatic nitrogens is 4. The first-order chi connectivity index (χ1) is 16.5. The van der Waals surface area contributed by atoms with E-state index in [1.807, 2.05) is 73.0 Å². The Kier molecular flexibility index (Phi) is 6.01. The molecule has 5 rings (SSSR count). The van der Waals surface area contributed by atoms with Gasteiger partial charge in [-0.25, -0.2) is 9.97 Å². The van der Waals surface area contributed by atoms with Crippen LogP contribution in [0, 0.1) is 0 Å². The minimum Gasteiger partial charge on any atom is -0.374 e. The van der Waals surface area contributed by atoms with E-state index in [2.05, 4.69) is 4.98 Å². The third kappa shape index (κ3) is 4.25. The van der Waals surface area contributed by atoms with Crippen molar-refractivity contribution in [2.45, 2.75) is 26.6 Å². The summed E-state index contributed by atoms with van der Waals surface area (Å²) in [6, 6.07) is 24.8. The van der Waals surface area contributed by atoms with Gasteiger partial charge >= 0.3 is 0 Å². The third-order valence-electron chi connectivity index (χ3n) is 5.49. The van der Waals surface area contributed by atoms with E-state index in [-0.39, 0.29) is 11.7 Å². The van der Waals surface area contributed by atoms with Gasteiger partial charge in [0.25, 0.3) is 5.56 Å². The maximum atomic E-state index is 13.7. The van der Waals surface area contributed by atoms with Crippen molar-refractivity contribution in [3.8, 4) is 22.8 Å². The lowest BCUT2D eigenvalue weighted by Crippen LogP contribution is -2.22. The van der Waals surface area contributed by atoms with Crippen LogP contribution in [0.25, 0.3) is 33.9 Å². The van der Waals surface area contributed by atoms with Gasteiger partial charge in [-0.2, -0.15) is 0 Å². The normalized spacial score (nSPS) is 11.4. The molecule has 0 aliphatic heterocycles. The summed E-state index contributed by atoms with van der Waals surface area (Å²) in [6.45, 7) is 4.54. The molecule has 0 aliphatic rings. The van der Waals surface area contributed by atoms with Crippen molar-refractivity contribution < 1.29 is 4.74 Å². The predicted octanol–water partition coefficient (Wildman–Crippen LogP) is 5.82. The first-order valence-corrected chi connectivity index (χ1v) is 11.4. The van der Waals surface area contributed by atoms with Gasteiger partial charge in [0.1, 0.15) is 12.2 Å². The Morgan fingerprint density at radius 3 is 2.29 bits per heavy atom. The number of benzene rings is 3. The molecule has 3 aromatic carbocycles. The summed E-state index contributed by atoms with van der Waals surface area (Å²) in [7, 11) is 0. The third-order valence-corrected chi connectivity index (χ3v) is 5.74. The lowest BCUT2D eigenvalue weighted by atomic mass is 10.1. The monoisotopic (exact) mass is 470 g/mol. The van der Waals surface area contributed by atoms with Gasteiger partial charge in [-0.3, -0.25) is 13.9 Å². The van der Waals surface area contributed by atoms with Crippen LogP contribution in [-0.2, 0) is 11.3 Å². The van der Waals surface area contributed by atoms with Crippen LogP contribution in [0.2, 0.25) is 5.02 Å². The highest BCUT2D eigenvalue weighted by Gasteiger charge is 2.19. The highest BCUT2D eigenvalue weighted by molar-refractivity contribution is 6.30. The molecule has 34 heavy (non-hydrogen) atoms. The molecule has 0 atom stereocenters. The van der Waals surface area contributed by atoms with Gasteiger partial charge in [0, 0.05) is 16.3 Å². The Balaban J connectivity index is 1.71. The molecule has 0 N–H and O–H groups in total. The van der Waals surface area contributed by atoms with Gasteiger partial charge in [0.15, 0.2) is 11.2 Å². The number of fused-ring (bicyclic) bond motifs is 1. The molecule has 7 heteroatoms. The van der Waals surface area contributed by atoms with Crippen molar-refractivity contribution in [1.82, 2.24) is 19.1 Å². The lowest BCUT2D eigenvalue weighted by molar-refractivity contribution is 0.0657. The van der Waals surface area contributed by atoms with E-state index in [9.17, 15) is 4.79 Å². The van der Waals surface area contributed by atoms with Crippen LogP contribution in [0.4, 0.5) is 0 Å². The number of halogens is 1. The quantitative estimate of drug-likeness (QED) is 0.314. The largest absolute Gasteiger partial charge is 0.374 e. The van der Waals surface area contributed by atoms with Crippen LogP contribution in [0.5, 0.6) is 0 Å². The second-order valence-electron chi connectivity index (χ2n) is 8.23. The highest BCUT2D eigenvalue weighted by Crippen LogP contribution is 2.25. The van der Waals surface area contributed by atoms with Crippen LogP contribution < -0.4 is 5.56 Å². The standard InChI is InChI=1S/C27H23ClN4O2/c1-18(2)34-16-19-8-10-20(11-9-19)25-30-26-24(29-17-31(26)22-6-4-3-5-7-22)27(33)32(25)23-14-12-21(28)13-15-23/h3-15,17-18H,16H2,1-2H3. The SMILES string of the molecule is CC(C)OCc1ccc(-c2nc3c(ncn3-c3ccccc3)c(=O)n2-c2ccc(Cl)cc2)cc1. The molecule has 6 nitrogen and oxygen atoms in total. The maximum absolute atomic E-state index is 13.7. The lowest BCUT2D eigenvalue weighted by Gasteiger charge is -2.14. The fourth-order valence-electron chi connectivity index (χ4n) is 3.77. The number of hydrogen-bond donors (Lipinski definition) is 0. The molecule has 2 heterocycles. The van der Waals surface area contributed by atoms with Crippen LogP contribution in [0.3, 0.4) is 0 Å². The predicted molar refractivity (Wildman–Crippen MR) is 135 cm³/mol. The maximum Gasteiger partial charge on any atom is 0.286 e. The van der Waals surface area contributed by atoms with Gasteiger partial charge in [-0.15, -0.1) is 0 Å². The summed E-state index contributed by atoms with van der Waals surface area (Å²) in [5.41, 5.74) is 3.96. The fourth-order valence-corrected chi connectivity index (χ4v) is 3.89. The van der Waals surface area contributed by atoms with Crippen molar-refractivity contribution >= 4 is 22.8 Å². The summed E-state index contributed by atoms with van der Waals surface area (Å²) in [4.78, 5) is 23.0. The molecule has 0 amide bonds. The Morgan fingerprint density at radius 1 is 0.912 bits per heavy atom. The molecule has 170 valence electrons.